The summed E-state index contributed by atoms with van der Waals surface area (Å²) in [5, 5.41) is 10.2. The lowest BCUT2D eigenvalue weighted by molar-refractivity contribution is -0.137. The average Bonchev–Trinajstić information content (AvgIpc) is 3.49. The summed E-state index contributed by atoms with van der Waals surface area (Å²) in [6, 6.07) is 5.13. The number of halogens is 3. The lowest BCUT2D eigenvalue weighted by atomic mass is 10.1. The minimum Gasteiger partial charge on any atom is -0.396 e. The predicted molar refractivity (Wildman–Crippen MR) is 128 cm³/mol. The van der Waals surface area contributed by atoms with Crippen LogP contribution in [0.1, 0.15) is 30.5 Å². The molecule has 0 spiro atoms. The maximum Gasteiger partial charge on any atom is 0.417 e. The van der Waals surface area contributed by atoms with E-state index in [1.54, 1.807) is 12.4 Å². The summed E-state index contributed by atoms with van der Waals surface area (Å²) < 4.78 is 39.6. The van der Waals surface area contributed by atoms with Gasteiger partial charge in [0, 0.05) is 42.1 Å². The molecule has 5 heterocycles. The van der Waals surface area contributed by atoms with Gasteiger partial charge in [0.1, 0.15) is 17.2 Å². The van der Waals surface area contributed by atoms with Crippen LogP contribution in [0.15, 0.2) is 43.0 Å². The molecule has 1 aliphatic heterocycles. The molecule has 12 heteroatoms. The summed E-state index contributed by atoms with van der Waals surface area (Å²) in [6.45, 7) is 3.86. The molecule has 0 aromatic carbocycles. The zero-order valence-electron chi connectivity index (χ0n) is 18.8. The Hall–Kier alpha value is -3.93. The van der Waals surface area contributed by atoms with Gasteiger partial charge in [0.15, 0.2) is 0 Å². The van der Waals surface area contributed by atoms with E-state index < -0.39 is 11.7 Å². The molecule has 4 aromatic rings. The molecule has 0 amide bonds. The van der Waals surface area contributed by atoms with Crippen molar-refractivity contribution in [2.45, 2.75) is 31.6 Å². The number of anilines is 3. The second-order valence-corrected chi connectivity index (χ2v) is 8.49. The average molecular weight is 484 g/mol. The Morgan fingerprint density at radius 2 is 2.00 bits per heavy atom. The van der Waals surface area contributed by atoms with E-state index >= 15 is 0 Å². The third kappa shape index (κ3) is 4.83. The molecule has 0 radical (unpaired) electrons. The molecule has 1 fully saturated rings. The van der Waals surface area contributed by atoms with E-state index in [1.807, 2.05) is 19.1 Å². The van der Waals surface area contributed by atoms with Crippen molar-refractivity contribution in [2.75, 3.05) is 29.5 Å². The number of nitrogens with one attached hydrogen (secondary N) is 4. The van der Waals surface area contributed by atoms with E-state index in [4.69, 9.17) is 5.73 Å². The molecule has 4 aromatic heterocycles. The van der Waals surface area contributed by atoms with E-state index in [0.29, 0.717) is 22.9 Å². The molecule has 2 atom stereocenters. The zero-order valence-corrected chi connectivity index (χ0v) is 18.8. The van der Waals surface area contributed by atoms with Crippen molar-refractivity contribution >= 4 is 28.5 Å². The first-order valence-electron chi connectivity index (χ1n) is 11.1. The maximum atomic E-state index is 13.2. The van der Waals surface area contributed by atoms with Crippen molar-refractivity contribution in [2.24, 2.45) is 0 Å². The number of fused-ring (bicyclic) bond motifs is 1. The smallest absolute Gasteiger partial charge is 0.396 e. The number of nitrogens with zero attached hydrogens (tertiary/aromatic N) is 4. The summed E-state index contributed by atoms with van der Waals surface area (Å²) in [4.78, 5) is 20.0. The number of nitrogens with two attached hydrogens (primary N) is 1. The van der Waals surface area contributed by atoms with Crippen molar-refractivity contribution in [3.8, 4) is 11.3 Å². The van der Waals surface area contributed by atoms with Crippen LogP contribution < -0.4 is 21.7 Å². The Kier molecular flexibility index (Phi) is 5.89. The van der Waals surface area contributed by atoms with Crippen LogP contribution in [-0.2, 0) is 6.18 Å². The number of H-pyrrole nitrogens is 1. The van der Waals surface area contributed by atoms with Crippen LogP contribution in [0.5, 0.6) is 0 Å². The predicted octanol–water partition coefficient (Wildman–Crippen LogP) is 3.96. The monoisotopic (exact) mass is 483 g/mol. The van der Waals surface area contributed by atoms with Gasteiger partial charge in [0.05, 0.1) is 23.5 Å². The van der Waals surface area contributed by atoms with Crippen LogP contribution in [0.3, 0.4) is 0 Å². The second-order valence-electron chi connectivity index (χ2n) is 8.49. The molecule has 0 saturated carbocycles. The van der Waals surface area contributed by atoms with Gasteiger partial charge in [-0.05, 0) is 37.6 Å². The Morgan fingerprint density at radius 3 is 2.71 bits per heavy atom. The number of pyridine rings is 2. The van der Waals surface area contributed by atoms with Crippen LogP contribution >= 0.6 is 0 Å². The molecule has 182 valence electrons. The van der Waals surface area contributed by atoms with Crippen molar-refractivity contribution in [1.82, 2.24) is 30.2 Å². The molecule has 5 rings (SSSR count). The molecule has 0 aliphatic carbocycles. The highest BCUT2D eigenvalue weighted by atomic mass is 19.4. The number of hydrogen-bond donors (Lipinski definition) is 5. The largest absolute Gasteiger partial charge is 0.417 e. The normalized spacial score (nSPS) is 17.0. The first kappa shape index (κ1) is 22.8. The van der Waals surface area contributed by atoms with Crippen LogP contribution in [0.4, 0.5) is 30.6 Å². The minimum atomic E-state index is -4.51. The number of nitrogen functional groups attached to an aromatic ring is 1. The number of hydrogen-bond acceptors (Lipinski definition) is 8. The highest BCUT2D eigenvalue weighted by molar-refractivity contribution is 5.95. The highest BCUT2D eigenvalue weighted by Gasteiger charge is 2.31. The SMILES string of the molecule is CC(Nc1ncc(N)c(-c2c[nH]c3ncc(C(F)(F)F)cc23)n1)c1ccc(NC2CCNC2)nc1. The molecule has 6 N–H and O–H groups in total. The Labute approximate surface area is 198 Å². The summed E-state index contributed by atoms with van der Waals surface area (Å²) in [7, 11) is 0. The lowest BCUT2D eigenvalue weighted by Crippen LogP contribution is -2.22. The molecule has 1 aliphatic rings. The number of aromatic nitrogens is 5. The van der Waals surface area contributed by atoms with Crippen LogP contribution in [0.2, 0.25) is 0 Å². The van der Waals surface area contributed by atoms with Gasteiger partial charge in [-0.3, -0.25) is 0 Å². The van der Waals surface area contributed by atoms with E-state index in [9.17, 15) is 13.2 Å². The van der Waals surface area contributed by atoms with Gasteiger partial charge in [-0.1, -0.05) is 6.07 Å². The zero-order chi connectivity index (χ0) is 24.6. The third-order valence-corrected chi connectivity index (χ3v) is 5.97. The van der Waals surface area contributed by atoms with E-state index in [-0.39, 0.29) is 23.1 Å². The molecule has 2 unspecified atom stereocenters. The van der Waals surface area contributed by atoms with Gasteiger partial charge in [-0.15, -0.1) is 0 Å². The Bertz CT molecular complexity index is 1330. The van der Waals surface area contributed by atoms with Gasteiger partial charge in [-0.2, -0.15) is 13.2 Å². The first-order valence-corrected chi connectivity index (χ1v) is 11.1. The maximum absolute atomic E-state index is 13.2. The Morgan fingerprint density at radius 1 is 1.14 bits per heavy atom. The van der Waals surface area contributed by atoms with Crippen molar-refractivity contribution in [3.05, 3.63) is 54.1 Å². The van der Waals surface area contributed by atoms with Crippen molar-refractivity contribution in [1.29, 1.82) is 0 Å². The fourth-order valence-electron chi connectivity index (χ4n) is 4.04. The summed E-state index contributed by atoms with van der Waals surface area (Å²) in [6.07, 6.45) is 2.09. The fraction of sp³-hybridized carbons (Fsp3) is 0.304. The van der Waals surface area contributed by atoms with E-state index in [1.165, 1.54) is 6.20 Å². The van der Waals surface area contributed by atoms with Crippen molar-refractivity contribution < 1.29 is 13.2 Å². The van der Waals surface area contributed by atoms with E-state index in [2.05, 4.69) is 40.9 Å². The molecule has 35 heavy (non-hydrogen) atoms. The molecule has 9 nitrogen and oxygen atoms in total. The second kappa shape index (κ2) is 9.02. The number of rotatable bonds is 6. The first-order chi connectivity index (χ1) is 16.8. The summed E-state index contributed by atoms with van der Waals surface area (Å²) in [5.74, 6) is 1.10. The molecular formula is C23H24F3N9. The quantitative estimate of drug-likeness (QED) is 0.279. The van der Waals surface area contributed by atoms with Crippen LogP contribution in [0, 0.1) is 0 Å². The van der Waals surface area contributed by atoms with Gasteiger partial charge in [-0.25, -0.2) is 19.9 Å². The highest BCUT2D eigenvalue weighted by Crippen LogP contribution is 2.35. The number of alkyl halides is 3. The van der Waals surface area contributed by atoms with Crippen LogP contribution in [-0.4, -0.2) is 44.1 Å². The standard InChI is InChI=1S/C23H24F3N9/c1-12(13-2-3-19(29-7-13)34-15-4-5-28-9-15)33-22-32-11-18(27)20(35-22)17-10-31-21-16(17)6-14(8-30-21)23(24,25)26/h2-3,6-8,10-12,15,28H,4-5,9,27H2,1H3,(H,29,34)(H,30,31)(H,32,33,35). The van der Waals surface area contributed by atoms with Gasteiger partial charge in [0.2, 0.25) is 5.95 Å². The Balaban J connectivity index is 1.37. The van der Waals surface area contributed by atoms with E-state index in [0.717, 1.165) is 43.2 Å². The lowest BCUT2D eigenvalue weighted by Gasteiger charge is -2.16. The third-order valence-electron chi connectivity index (χ3n) is 5.97. The minimum absolute atomic E-state index is 0.178. The number of aromatic amines is 1. The fourth-order valence-corrected chi connectivity index (χ4v) is 4.04. The molecular weight excluding hydrogens is 459 g/mol. The summed E-state index contributed by atoms with van der Waals surface area (Å²) >= 11 is 0. The topological polar surface area (TPSA) is 129 Å². The van der Waals surface area contributed by atoms with Gasteiger partial charge >= 0.3 is 6.18 Å². The van der Waals surface area contributed by atoms with Gasteiger partial charge < -0.3 is 26.7 Å². The molecule has 1 saturated heterocycles. The van der Waals surface area contributed by atoms with Crippen molar-refractivity contribution in [3.63, 3.8) is 0 Å². The summed E-state index contributed by atoms with van der Waals surface area (Å²) in [5.41, 5.74) is 7.43. The van der Waals surface area contributed by atoms with Crippen LogP contribution in [0.25, 0.3) is 22.3 Å². The van der Waals surface area contributed by atoms with Gasteiger partial charge in [0.25, 0.3) is 0 Å². The molecule has 0 bridgehead atoms.